The molecule has 3 amide bonds. The van der Waals surface area contributed by atoms with Crippen molar-refractivity contribution in [3.63, 3.8) is 0 Å². The minimum absolute atomic E-state index is 0.0583. The molecule has 0 bridgehead atoms. The largest absolute Gasteiger partial charge is 0.337 e. The lowest BCUT2D eigenvalue weighted by atomic mass is 10.1. The highest BCUT2D eigenvalue weighted by Crippen LogP contribution is 2.14. The number of rotatable bonds is 3. The minimum Gasteiger partial charge on any atom is -0.337 e. The van der Waals surface area contributed by atoms with Crippen LogP contribution in [0.15, 0.2) is 48.8 Å². The Morgan fingerprint density at radius 1 is 0.889 bits per heavy atom. The fourth-order valence-corrected chi connectivity index (χ4v) is 3.08. The molecule has 7 nitrogen and oxygen atoms in total. The molecule has 0 radical (unpaired) electrons. The summed E-state index contributed by atoms with van der Waals surface area (Å²) in [7, 11) is 0. The summed E-state index contributed by atoms with van der Waals surface area (Å²) < 4.78 is 0. The van der Waals surface area contributed by atoms with Gasteiger partial charge >= 0.3 is 0 Å². The molecule has 1 N–H and O–H groups in total. The van der Waals surface area contributed by atoms with Gasteiger partial charge in [-0.05, 0) is 42.8 Å². The van der Waals surface area contributed by atoms with Crippen LogP contribution in [0.5, 0.6) is 0 Å². The van der Waals surface area contributed by atoms with Crippen LogP contribution in [0.2, 0.25) is 0 Å². The Bertz CT molecular complexity index is 821. The highest BCUT2D eigenvalue weighted by molar-refractivity contribution is 5.96. The topological polar surface area (TPSA) is 82.6 Å². The Kier molecular flexibility index (Phi) is 5.80. The molecular formula is C20H22N4O3. The lowest BCUT2D eigenvalue weighted by molar-refractivity contribution is -0.114. The van der Waals surface area contributed by atoms with E-state index in [1.807, 2.05) is 0 Å². The van der Waals surface area contributed by atoms with E-state index in [9.17, 15) is 14.4 Å². The van der Waals surface area contributed by atoms with Gasteiger partial charge in [-0.2, -0.15) is 0 Å². The molecule has 1 saturated heterocycles. The van der Waals surface area contributed by atoms with Crippen LogP contribution in [-0.4, -0.2) is 58.7 Å². The van der Waals surface area contributed by atoms with E-state index in [2.05, 4.69) is 10.3 Å². The van der Waals surface area contributed by atoms with E-state index in [4.69, 9.17) is 0 Å². The monoisotopic (exact) mass is 366 g/mol. The van der Waals surface area contributed by atoms with Crippen molar-refractivity contribution in [2.45, 2.75) is 13.3 Å². The van der Waals surface area contributed by atoms with E-state index < -0.39 is 0 Å². The zero-order valence-electron chi connectivity index (χ0n) is 15.2. The van der Waals surface area contributed by atoms with Gasteiger partial charge in [0, 0.05) is 56.7 Å². The third-order valence-electron chi connectivity index (χ3n) is 4.43. The lowest BCUT2D eigenvalue weighted by Gasteiger charge is -2.22. The number of pyridine rings is 1. The second-order valence-corrected chi connectivity index (χ2v) is 6.44. The summed E-state index contributed by atoms with van der Waals surface area (Å²) in [4.78, 5) is 43.9. The third-order valence-corrected chi connectivity index (χ3v) is 4.43. The SMILES string of the molecule is CC(=O)Nc1ccc(C(=O)N2CCCN(C(=O)c3cccnc3)CC2)cc1. The fraction of sp³-hybridized carbons (Fsp3) is 0.300. The first-order valence-electron chi connectivity index (χ1n) is 8.91. The van der Waals surface area contributed by atoms with E-state index in [0.29, 0.717) is 43.0 Å². The van der Waals surface area contributed by atoms with Crippen LogP contribution in [0, 0.1) is 0 Å². The van der Waals surface area contributed by atoms with Crippen LogP contribution in [0.1, 0.15) is 34.1 Å². The van der Waals surface area contributed by atoms with Gasteiger partial charge < -0.3 is 15.1 Å². The molecule has 1 aliphatic rings. The Morgan fingerprint density at radius 3 is 2.07 bits per heavy atom. The number of carbonyl (C=O) groups is 3. The first-order valence-corrected chi connectivity index (χ1v) is 8.91. The van der Waals surface area contributed by atoms with Crippen molar-refractivity contribution >= 4 is 23.4 Å². The summed E-state index contributed by atoms with van der Waals surface area (Å²) in [6.07, 6.45) is 3.92. The van der Waals surface area contributed by atoms with Gasteiger partial charge in [0.05, 0.1) is 5.56 Å². The molecule has 3 rings (SSSR count). The summed E-state index contributed by atoms with van der Waals surface area (Å²) >= 11 is 0. The average Bonchev–Trinajstić information content (AvgIpc) is 2.94. The molecule has 0 atom stereocenters. The number of benzene rings is 1. The molecule has 27 heavy (non-hydrogen) atoms. The van der Waals surface area contributed by atoms with Gasteiger partial charge in [0.25, 0.3) is 11.8 Å². The second kappa shape index (κ2) is 8.44. The number of aromatic nitrogens is 1. The molecule has 2 heterocycles. The van der Waals surface area contributed by atoms with E-state index in [1.165, 1.54) is 6.92 Å². The van der Waals surface area contributed by atoms with Crippen molar-refractivity contribution in [1.82, 2.24) is 14.8 Å². The molecule has 2 aromatic rings. The van der Waals surface area contributed by atoms with Crippen LogP contribution in [-0.2, 0) is 4.79 Å². The van der Waals surface area contributed by atoms with Crippen LogP contribution in [0.3, 0.4) is 0 Å². The Balaban J connectivity index is 1.62. The van der Waals surface area contributed by atoms with Crippen molar-refractivity contribution in [1.29, 1.82) is 0 Å². The van der Waals surface area contributed by atoms with Gasteiger partial charge in [-0.15, -0.1) is 0 Å². The molecule has 0 saturated carbocycles. The van der Waals surface area contributed by atoms with Gasteiger partial charge in [-0.3, -0.25) is 19.4 Å². The summed E-state index contributed by atoms with van der Waals surface area (Å²) in [5.74, 6) is -0.280. The molecule has 0 aliphatic carbocycles. The standard InChI is InChI=1S/C20H22N4O3/c1-15(25)22-18-7-5-16(6-8-18)19(26)23-10-3-11-24(13-12-23)20(27)17-4-2-9-21-14-17/h2,4-9,14H,3,10-13H2,1H3,(H,22,25). The molecule has 1 aliphatic heterocycles. The number of hydrogen-bond donors (Lipinski definition) is 1. The summed E-state index contributed by atoms with van der Waals surface area (Å²) in [6.45, 7) is 3.62. The quantitative estimate of drug-likeness (QED) is 0.901. The van der Waals surface area contributed by atoms with Crippen molar-refractivity contribution < 1.29 is 14.4 Å². The van der Waals surface area contributed by atoms with Crippen LogP contribution >= 0.6 is 0 Å². The highest BCUT2D eigenvalue weighted by Gasteiger charge is 2.23. The van der Waals surface area contributed by atoms with E-state index in [0.717, 1.165) is 6.42 Å². The zero-order chi connectivity index (χ0) is 19.2. The minimum atomic E-state index is -0.153. The first kappa shape index (κ1) is 18.6. The summed E-state index contributed by atoms with van der Waals surface area (Å²) in [6, 6.07) is 10.3. The fourth-order valence-electron chi connectivity index (χ4n) is 3.08. The summed E-state index contributed by atoms with van der Waals surface area (Å²) in [5, 5.41) is 2.68. The molecular weight excluding hydrogens is 344 g/mol. The number of hydrogen-bond acceptors (Lipinski definition) is 4. The average molecular weight is 366 g/mol. The third kappa shape index (κ3) is 4.69. The van der Waals surface area contributed by atoms with Crippen molar-refractivity contribution in [3.8, 4) is 0 Å². The van der Waals surface area contributed by atoms with E-state index >= 15 is 0 Å². The molecule has 0 unspecified atom stereocenters. The van der Waals surface area contributed by atoms with Gasteiger partial charge in [-0.1, -0.05) is 0 Å². The molecule has 1 fully saturated rings. The summed E-state index contributed by atoms with van der Waals surface area (Å²) in [5.41, 5.74) is 1.78. The van der Waals surface area contributed by atoms with Crippen molar-refractivity contribution in [2.24, 2.45) is 0 Å². The lowest BCUT2D eigenvalue weighted by Crippen LogP contribution is -2.37. The molecule has 7 heteroatoms. The first-order chi connectivity index (χ1) is 13.0. The van der Waals surface area contributed by atoms with Crippen LogP contribution in [0.4, 0.5) is 5.69 Å². The smallest absolute Gasteiger partial charge is 0.255 e. The second-order valence-electron chi connectivity index (χ2n) is 6.44. The van der Waals surface area contributed by atoms with Gasteiger partial charge in [0.1, 0.15) is 0 Å². The van der Waals surface area contributed by atoms with Crippen LogP contribution < -0.4 is 5.32 Å². The Morgan fingerprint density at radius 2 is 1.52 bits per heavy atom. The highest BCUT2D eigenvalue weighted by atomic mass is 16.2. The maximum Gasteiger partial charge on any atom is 0.255 e. The normalized spacial score (nSPS) is 14.4. The van der Waals surface area contributed by atoms with Gasteiger partial charge in [0.15, 0.2) is 0 Å². The molecule has 1 aromatic heterocycles. The maximum atomic E-state index is 12.8. The van der Waals surface area contributed by atoms with Crippen LogP contribution in [0.25, 0.3) is 0 Å². The number of nitrogens with zero attached hydrogens (tertiary/aromatic N) is 3. The zero-order valence-corrected chi connectivity index (χ0v) is 15.2. The predicted octanol–water partition coefficient (Wildman–Crippen LogP) is 2.03. The number of carbonyl (C=O) groups excluding carboxylic acids is 3. The molecule has 140 valence electrons. The van der Waals surface area contributed by atoms with Gasteiger partial charge in [-0.25, -0.2) is 0 Å². The van der Waals surface area contributed by atoms with Crippen molar-refractivity contribution in [3.05, 3.63) is 59.9 Å². The van der Waals surface area contributed by atoms with Gasteiger partial charge in [0.2, 0.25) is 5.91 Å². The molecule has 1 aromatic carbocycles. The van der Waals surface area contributed by atoms with E-state index in [-0.39, 0.29) is 17.7 Å². The number of amides is 3. The Labute approximate surface area is 158 Å². The predicted molar refractivity (Wildman–Crippen MR) is 101 cm³/mol. The van der Waals surface area contributed by atoms with E-state index in [1.54, 1.807) is 58.6 Å². The Hall–Kier alpha value is -3.22. The number of anilines is 1. The molecule has 0 spiro atoms. The maximum absolute atomic E-state index is 12.8. The van der Waals surface area contributed by atoms with Crippen molar-refractivity contribution in [2.75, 3.05) is 31.5 Å². The number of nitrogens with one attached hydrogen (secondary N) is 1.